The largest absolute Gasteiger partial charge is 0.370 e. The summed E-state index contributed by atoms with van der Waals surface area (Å²) in [5.41, 5.74) is 5.87. The standard InChI is InChI=1S/C13H24N4O/c1-9(14)10-15-11(17-16-10)13(18-4)7-5-12(2,3)6-8-13/h9H,5-8,14H2,1-4H3,(H,15,16,17). The van der Waals surface area contributed by atoms with Gasteiger partial charge in [-0.3, -0.25) is 5.10 Å². The van der Waals surface area contributed by atoms with Crippen LogP contribution in [0.25, 0.3) is 0 Å². The Balaban J connectivity index is 2.22. The second kappa shape index (κ2) is 4.63. The maximum absolute atomic E-state index is 5.81. The third-order valence-corrected chi connectivity index (χ3v) is 4.14. The van der Waals surface area contributed by atoms with Crippen molar-refractivity contribution in [1.82, 2.24) is 15.2 Å². The Kier molecular flexibility index (Phi) is 3.47. The minimum Gasteiger partial charge on any atom is -0.370 e. The molecule has 5 nitrogen and oxygen atoms in total. The Morgan fingerprint density at radius 1 is 1.28 bits per heavy atom. The summed E-state index contributed by atoms with van der Waals surface area (Å²) in [6.45, 7) is 6.50. The van der Waals surface area contributed by atoms with E-state index in [0.717, 1.165) is 37.3 Å². The summed E-state index contributed by atoms with van der Waals surface area (Å²) in [6, 6.07) is -0.125. The van der Waals surface area contributed by atoms with Gasteiger partial charge in [-0.05, 0) is 38.0 Å². The first-order valence-electron chi connectivity index (χ1n) is 6.62. The molecule has 18 heavy (non-hydrogen) atoms. The first kappa shape index (κ1) is 13.5. The fraction of sp³-hybridized carbons (Fsp3) is 0.846. The number of ether oxygens (including phenoxy) is 1. The van der Waals surface area contributed by atoms with Gasteiger partial charge >= 0.3 is 0 Å². The van der Waals surface area contributed by atoms with E-state index >= 15 is 0 Å². The molecular weight excluding hydrogens is 228 g/mol. The lowest BCUT2D eigenvalue weighted by molar-refractivity contribution is -0.0727. The normalized spacial score (nSPS) is 23.8. The van der Waals surface area contributed by atoms with Gasteiger partial charge in [0.25, 0.3) is 0 Å². The molecule has 2 rings (SSSR count). The number of hydrogen-bond donors (Lipinski definition) is 2. The Labute approximate surface area is 109 Å². The molecule has 0 radical (unpaired) electrons. The minimum atomic E-state index is -0.334. The van der Waals surface area contributed by atoms with Crippen LogP contribution in [0, 0.1) is 5.41 Å². The molecule has 0 aromatic carbocycles. The van der Waals surface area contributed by atoms with Gasteiger partial charge in [0.05, 0.1) is 6.04 Å². The first-order valence-corrected chi connectivity index (χ1v) is 6.62. The smallest absolute Gasteiger partial charge is 0.182 e. The summed E-state index contributed by atoms with van der Waals surface area (Å²) >= 11 is 0. The lowest BCUT2D eigenvalue weighted by Gasteiger charge is -2.40. The van der Waals surface area contributed by atoms with Crippen molar-refractivity contribution >= 4 is 0 Å². The van der Waals surface area contributed by atoms with E-state index in [1.807, 2.05) is 6.92 Å². The molecule has 3 N–H and O–H groups in total. The van der Waals surface area contributed by atoms with Crippen LogP contribution in [0.15, 0.2) is 0 Å². The average molecular weight is 252 g/mol. The van der Waals surface area contributed by atoms with Crippen LogP contribution in [0.4, 0.5) is 0 Å². The number of H-pyrrole nitrogens is 1. The van der Waals surface area contributed by atoms with E-state index in [-0.39, 0.29) is 11.6 Å². The molecular formula is C13H24N4O. The summed E-state index contributed by atoms with van der Waals surface area (Å²) in [5, 5.41) is 7.23. The molecule has 5 heteroatoms. The van der Waals surface area contributed by atoms with Crippen LogP contribution in [0.5, 0.6) is 0 Å². The number of aromatic amines is 1. The molecule has 1 aromatic rings. The predicted octanol–water partition coefficient (Wildman–Crippen LogP) is 2.27. The highest BCUT2D eigenvalue weighted by molar-refractivity contribution is 5.07. The molecule has 1 unspecified atom stereocenters. The van der Waals surface area contributed by atoms with E-state index in [0.29, 0.717) is 5.41 Å². The summed E-state index contributed by atoms with van der Waals surface area (Å²) in [6.07, 6.45) is 4.19. The number of nitrogens with one attached hydrogen (secondary N) is 1. The van der Waals surface area contributed by atoms with Crippen molar-refractivity contribution in [1.29, 1.82) is 0 Å². The van der Waals surface area contributed by atoms with Crippen molar-refractivity contribution < 1.29 is 4.74 Å². The van der Waals surface area contributed by atoms with Gasteiger partial charge in [-0.25, -0.2) is 4.98 Å². The zero-order valence-corrected chi connectivity index (χ0v) is 11.8. The summed E-state index contributed by atoms with van der Waals surface area (Å²) in [4.78, 5) is 4.51. The number of nitrogens with zero attached hydrogens (tertiary/aromatic N) is 2. The zero-order valence-electron chi connectivity index (χ0n) is 11.8. The SMILES string of the molecule is COC1(c2n[nH]c(C(C)N)n2)CCC(C)(C)CC1. The van der Waals surface area contributed by atoms with E-state index in [2.05, 4.69) is 29.0 Å². The van der Waals surface area contributed by atoms with Crippen LogP contribution in [0.2, 0.25) is 0 Å². The molecule has 0 saturated heterocycles. The van der Waals surface area contributed by atoms with Gasteiger partial charge in [-0.15, -0.1) is 0 Å². The van der Waals surface area contributed by atoms with Gasteiger partial charge in [0.2, 0.25) is 0 Å². The van der Waals surface area contributed by atoms with Crippen LogP contribution in [0.1, 0.15) is 64.1 Å². The second-order valence-corrected chi connectivity index (χ2v) is 6.20. The van der Waals surface area contributed by atoms with Crippen LogP contribution in [0.3, 0.4) is 0 Å². The zero-order chi connectivity index (χ0) is 13.4. The number of nitrogens with two attached hydrogens (primary N) is 1. The fourth-order valence-corrected chi connectivity index (χ4v) is 2.53. The molecule has 0 aliphatic heterocycles. The van der Waals surface area contributed by atoms with Crippen molar-refractivity contribution in [3.63, 3.8) is 0 Å². The molecule has 1 atom stereocenters. The lowest BCUT2D eigenvalue weighted by Crippen LogP contribution is -2.37. The minimum absolute atomic E-state index is 0.125. The highest BCUT2D eigenvalue weighted by atomic mass is 16.5. The van der Waals surface area contributed by atoms with Crippen LogP contribution in [-0.4, -0.2) is 22.3 Å². The van der Waals surface area contributed by atoms with E-state index in [4.69, 9.17) is 10.5 Å². The summed E-state index contributed by atoms with van der Waals surface area (Å²) < 4.78 is 5.77. The van der Waals surface area contributed by atoms with E-state index < -0.39 is 0 Å². The molecule has 1 heterocycles. The Hall–Kier alpha value is -0.940. The van der Waals surface area contributed by atoms with Crippen molar-refractivity contribution in [3.05, 3.63) is 11.6 Å². The van der Waals surface area contributed by atoms with Gasteiger partial charge in [0, 0.05) is 7.11 Å². The maximum atomic E-state index is 5.81. The molecule has 102 valence electrons. The van der Waals surface area contributed by atoms with E-state index in [1.165, 1.54) is 0 Å². The van der Waals surface area contributed by atoms with Crippen molar-refractivity contribution in [3.8, 4) is 0 Å². The summed E-state index contributed by atoms with van der Waals surface area (Å²) in [5.74, 6) is 1.49. The van der Waals surface area contributed by atoms with Crippen molar-refractivity contribution in [2.45, 2.75) is 58.1 Å². The Bertz CT molecular complexity index is 401. The molecule has 1 saturated carbocycles. The lowest BCUT2D eigenvalue weighted by atomic mass is 9.70. The monoisotopic (exact) mass is 252 g/mol. The molecule has 0 bridgehead atoms. The maximum Gasteiger partial charge on any atom is 0.182 e. The highest BCUT2D eigenvalue weighted by Crippen LogP contribution is 2.46. The Morgan fingerprint density at radius 3 is 2.33 bits per heavy atom. The number of methoxy groups -OCH3 is 1. The van der Waals surface area contributed by atoms with Crippen LogP contribution < -0.4 is 5.73 Å². The quantitative estimate of drug-likeness (QED) is 0.865. The number of hydrogen-bond acceptors (Lipinski definition) is 4. The molecule has 1 aromatic heterocycles. The van der Waals surface area contributed by atoms with Gasteiger partial charge in [0.1, 0.15) is 11.4 Å². The Morgan fingerprint density at radius 2 is 1.89 bits per heavy atom. The van der Waals surface area contributed by atoms with Crippen molar-refractivity contribution in [2.75, 3.05) is 7.11 Å². The van der Waals surface area contributed by atoms with Gasteiger partial charge < -0.3 is 10.5 Å². The first-order chi connectivity index (χ1) is 8.38. The molecule has 0 spiro atoms. The average Bonchev–Trinajstić information content (AvgIpc) is 2.80. The molecule has 1 fully saturated rings. The third kappa shape index (κ3) is 2.42. The van der Waals surface area contributed by atoms with Gasteiger partial charge in [0.15, 0.2) is 5.82 Å². The van der Waals surface area contributed by atoms with Crippen molar-refractivity contribution in [2.24, 2.45) is 11.1 Å². The van der Waals surface area contributed by atoms with E-state index in [9.17, 15) is 0 Å². The van der Waals surface area contributed by atoms with Gasteiger partial charge in [-0.2, -0.15) is 5.10 Å². The third-order valence-electron chi connectivity index (χ3n) is 4.14. The molecule has 1 aliphatic rings. The predicted molar refractivity (Wildman–Crippen MR) is 69.9 cm³/mol. The summed E-state index contributed by atoms with van der Waals surface area (Å²) in [7, 11) is 1.75. The van der Waals surface area contributed by atoms with Crippen LogP contribution in [-0.2, 0) is 10.3 Å². The number of rotatable bonds is 3. The number of aromatic nitrogens is 3. The second-order valence-electron chi connectivity index (χ2n) is 6.20. The van der Waals surface area contributed by atoms with E-state index in [1.54, 1.807) is 7.11 Å². The van der Waals surface area contributed by atoms with Gasteiger partial charge in [-0.1, -0.05) is 13.8 Å². The molecule has 1 aliphatic carbocycles. The van der Waals surface area contributed by atoms with Crippen LogP contribution >= 0.6 is 0 Å². The highest BCUT2D eigenvalue weighted by Gasteiger charge is 2.42. The fourth-order valence-electron chi connectivity index (χ4n) is 2.53. The topological polar surface area (TPSA) is 76.8 Å². The molecule has 0 amide bonds.